The summed E-state index contributed by atoms with van der Waals surface area (Å²) in [5.41, 5.74) is 3.07. The van der Waals surface area contributed by atoms with Crippen molar-refractivity contribution in [3.8, 4) is 0 Å². The van der Waals surface area contributed by atoms with Crippen molar-refractivity contribution in [2.24, 2.45) is 5.92 Å². The van der Waals surface area contributed by atoms with Crippen LogP contribution in [0.3, 0.4) is 0 Å². The lowest BCUT2D eigenvalue weighted by Crippen LogP contribution is -2.18. The number of carbonyl (C=O) groups is 2. The lowest BCUT2D eigenvalue weighted by molar-refractivity contribution is 0.0526. The van der Waals surface area contributed by atoms with E-state index >= 15 is 0 Å². The second kappa shape index (κ2) is 9.66. The molecule has 0 spiro atoms. The zero-order chi connectivity index (χ0) is 21.8. The Morgan fingerprint density at radius 2 is 2.00 bits per heavy atom. The summed E-state index contributed by atoms with van der Waals surface area (Å²) in [5, 5.41) is 9.51. The molecule has 162 valence electrons. The van der Waals surface area contributed by atoms with Crippen molar-refractivity contribution in [2.75, 3.05) is 17.2 Å². The third-order valence-corrected chi connectivity index (χ3v) is 7.48. The van der Waals surface area contributed by atoms with E-state index in [0.29, 0.717) is 30.3 Å². The number of hydrogen-bond donors (Lipinski definition) is 2. The normalized spacial score (nSPS) is 15.2. The van der Waals surface area contributed by atoms with Crippen LogP contribution in [0, 0.1) is 5.92 Å². The maximum Gasteiger partial charge on any atom is 0.338 e. The Hall–Kier alpha value is -2.64. The Morgan fingerprint density at radius 3 is 2.71 bits per heavy atom. The van der Waals surface area contributed by atoms with Gasteiger partial charge in [0.1, 0.15) is 5.00 Å². The molecule has 0 saturated carbocycles. The van der Waals surface area contributed by atoms with Crippen LogP contribution in [0.2, 0.25) is 0 Å². The molecule has 0 unspecified atom stereocenters. The van der Waals surface area contributed by atoms with Gasteiger partial charge in [-0.3, -0.25) is 4.79 Å². The summed E-state index contributed by atoms with van der Waals surface area (Å²) in [6.45, 7) is 5.09. The van der Waals surface area contributed by atoms with Crippen LogP contribution in [0.1, 0.15) is 56.3 Å². The van der Waals surface area contributed by atoms with Gasteiger partial charge in [0.2, 0.25) is 0 Å². The fraction of sp³-hybridized carbons (Fsp3) is 0.333. The smallest absolute Gasteiger partial charge is 0.338 e. The first-order valence-electron chi connectivity index (χ1n) is 10.5. The molecule has 5 nitrogen and oxygen atoms in total. The van der Waals surface area contributed by atoms with Gasteiger partial charge in [0, 0.05) is 15.4 Å². The lowest BCUT2D eigenvalue weighted by Gasteiger charge is -2.18. The average molecular weight is 455 g/mol. The van der Waals surface area contributed by atoms with Gasteiger partial charge < -0.3 is 15.4 Å². The first-order chi connectivity index (χ1) is 15.0. The Labute approximate surface area is 190 Å². The van der Waals surface area contributed by atoms with E-state index in [-0.39, 0.29) is 11.9 Å². The number of benzene rings is 1. The molecule has 0 bridgehead atoms. The van der Waals surface area contributed by atoms with Gasteiger partial charge >= 0.3 is 5.97 Å². The van der Waals surface area contributed by atoms with Gasteiger partial charge in [-0.1, -0.05) is 13.0 Å². The first kappa shape index (κ1) is 21.6. The van der Waals surface area contributed by atoms with Crippen molar-refractivity contribution in [2.45, 2.75) is 39.7 Å². The average Bonchev–Trinajstić information content (AvgIpc) is 3.40. The molecule has 3 aromatic rings. The molecule has 1 atom stereocenters. The lowest BCUT2D eigenvalue weighted by atomic mass is 9.88. The summed E-state index contributed by atoms with van der Waals surface area (Å²) < 4.78 is 5.02. The molecule has 0 fully saturated rings. The van der Waals surface area contributed by atoms with Crippen molar-refractivity contribution in [1.29, 1.82) is 0 Å². The highest BCUT2D eigenvalue weighted by Gasteiger charge is 2.27. The van der Waals surface area contributed by atoms with Gasteiger partial charge in [-0.05, 0) is 73.4 Å². The molecule has 7 heteroatoms. The number of esters is 1. The van der Waals surface area contributed by atoms with E-state index in [1.54, 1.807) is 53.9 Å². The molecule has 2 aromatic heterocycles. The van der Waals surface area contributed by atoms with Crippen molar-refractivity contribution < 1.29 is 14.3 Å². The Morgan fingerprint density at radius 1 is 1.19 bits per heavy atom. The number of fused-ring (bicyclic) bond motifs is 1. The molecule has 0 aliphatic heterocycles. The maximum atomic E-state index is 13.3. The summed E-state index contributed by atoms with van der Waals surface area (Å²) >= 11 is 3.41. The van der Waals surface area contributed by atoms with Crippen molar-refractivity contribution in [3.63, 3.8) is 0 Å². The Bertz CT molecular complexity index is 1060. The van der Waals surface area contributed by atoms with E-state index in [0.717, 1.165) is 29.8 Å². The number of hydrogen-bond acceptors (Lipinski definition) is 6. The number of nitrogens with one attached hydrogen (secondary N) is 2. The zero-order valence-electron chi connectivity index (χ0n) is 17.7. The zero-order valence-corrected chi connectivity index (χ0v) is 19.3. The molecule has 1 aliphatic rings. The van der Waals surface area contributed by atoms with Crippen LogP contribution in [0.4, 0.5) is 10.7 Å². The van der Waals surface area contributed by atoms with E-state index in [9.17, 15) is 9.59 Å². The number of ether oxygens (including phenoxy) is 1. The Balaban J connectivity index is 1.55. The molecule has 1 amide bonds. The van der Waals surface area contributed by atoms with Gasteiger partial charge in [0.15, 0.2) is 0 Å². The van der Waals surface area contributed by atoms with Crippen LogP contribution >= 0.6 is 22.7 Å². The number of thiophene rings is 2. The quantitative estimate of drug-likeness (QED) is 0.431. The highest BCUT2D eigenvalue weighted by molar-refractivity contribution is 7.16. The number of amides is 1. The molecular formula is C24H26N2O3S2. The molecule has 2 N–H and O–H groups in total. The van der Waals surface area contributed by atoms with Crippen LogP contribution in [0.25, 0.3) is 0 Å². The van der Waals surface area contributed by atoms with Crippen molar-refractivity contribution in [1.82, 2.24) is 0 Å². The van der Waals surface area contributed by atoms with Crippen LogP contribution in [0.5, 0.6) is 0 Å². The maximum absolute atomic E-state index is 13.3. The van der Waals surface area contributed by atoms with Crippen molar-refractivity contribution in [3.05, 3.63) is 68.2 Å². The highest BCUT2D eigenvalue weighted by Crippen LogP contribution is 2.40. The van der Waals surface area contributed by atoms with E-state index in [2.05, 4.69) is 29.0 Å². The minimum atomic E-state index is -0.360. The first-order valence-corrected chi connectivity index (χ1v) is 12.2. The van der Waals surface area contributed by atoms with E-state index in [1.165, 1.54) is 15.3 Å². The van der Waals surface area contributed by atoms with Crippen LogP contribution in [-0.2, 0) is 24.1 Å². The summed E-state index contributed by atoms with van der Waals surface area (Å²) in [6, 6.07) is 11.0. The molecule has 31 heavy (non-hydrogen) atoms. The predicted molar refractivity (Wildman–Crippen MR) is 128 cm³/mol. The van der Waals surface area contributed by atoms with Crippen LogP contribution in [0.15, 0.2) is 41.8 Å². The fourth-order valence-electron chi connectivity index (χ4n) is 3.79. The molecular weight excluding hydrogens is 428 g/mol. The van der Waals surface area contributed by atoms with Crippen molar-refractivity contribution >= 4 is 45.2 Å². The molecule has 1 aliphatic carbocycles. The minimum absolute atomic E-state index is 0.107. The monoisotopic (exact) mass is 454 g/mol. The van der Waals surface area contributed by atoms with Gasteiger partial charge in [-0.2, -0.15) is 0 Å². The third-order valence-electron chi connectivity index (χ3n) is 5.40. The van der Waals surface area contributed by atoms with Crippen LogP contribution < -0.4 is 10.6 Å². The molecule has 0 saturated heterocycles. The van der Waals surface area contributed by atoms with Gasteiger partial charge in [-0.25, -0.2) is 4.79 Å². The summed E-state index contributed by atoms with van der Waals surface area (Å²) in [7, 11) is 0. The molecule has 1 aromatic carbocycles. The molecule has 0 radical (unpaired) electrons. The number of carbonyl (C=O) groups excluding carboxylic acids is 2. The van der Waals surface area contributed by atoms with Crippen LogP contribution in [-0.4, -0.2) is 18.5 Å². The highest BCUT2D eigenvalue weighted by atomic mass is 32.1. The van der Waals surface area contributed by atoms with E-state index in [1.807, 2.05) is 6.07 Å². The summed E-state index contributed by atoms with van der Waals surface area (Å²) in [4.78, 5) is 27.7. The van der Waals surface area contributed by atoms with Gasteiger partial charge in [-0.15, -0.1) is 22.7 Å². The largest absolute Gasteiger partial charge is 0.462 e. The molecule has 4 rings (SSSR count). The summed E-state index contributed by atoms with van der Waals surface area (Å²) in [5.74, 6) is 0.175. The Kier molecular flexibility index (Phi) is 6.73. The van der Waals surface area contributed by atoms with E-state index < -0.39 is 0 Å². The standard InChI is InChI=1S/C24H26N2O3S2/c1-3-29-24(28)16-7-9-17(10-8-16)26-22(27)21-19-11-6-15(2)13-20(19)31-23(21)25-14-18-5-4-12-30-18/h4-5,7-10,12,15,25H,3,6,11,13-14H2,1-2H3,(H,26,27)/t15-/m0/s1. The molecule has 2 heterocycles. The van der Waals surface area contributed by atoms with E-state index in [4.69, 9.17) is 4.74 Å². The third kappa shape index (κ3) is 4.99. The number of rotatable bonds is 7. The summed E-state index contributed by atoms with van der Waals surface area (Å²) in [6.07, 6.45) is 3.05. The second-order valence-electron chi connectivity index (χ2n) is 7.74. The topological polar surface area (TPSA) is 67.4 Å². The predicted octanol–water partition coefficient (Wildman–Crippen LogP) is 5.98. The minimum Gasteiger partial charge on any atom is -0.462 e. The van der Waals surface area contributed by atoms with Gasteiger partial charge in [0.25, 0.3) is 5.91 Å². The fourth-order valence-corrected chi connectivity index (χ4v) is 5.84. The number of anilines is 2. The SMILES string of the molecule is CCOC(=O)c1ccc(NC(=O)c2c(NCc3cccs3)sc3c2CC[C@H](C)C3)cc1. The van der Waals surface area contributed by atoms with Gasteiger partial charge in [0.05, 0.1) is 24.3 Å². The second-order valence-corrected chi connectivity index (χ2v) is 9.88.